The van der Waals surface area contributed by atoms with Gasteiger partial charge in [0.05, 0.1) is 17.2 Å². The van der Waals surface area contributed by atoms with Crippen LogP contribution in [0.1, 0.15) is 127 Å². The van der Waals surface area contributed by atoms with E-state index in [1.165, 1.54) is 11.1 Å². The van der Waals surface area contributed by atoms with Gasteiger partial charge in [-0.2, -0.15) is 0 Å². The van der Waals surface area contributed by atoms with E-state index in [0.29, 0.717) is 45.8 Å². The molecule has 3 heterocycles. The molecule has 0 amide bonds. The van der Waals surface area contributed by atoms with Crippen molar-refractivity contribution in [3.8, 4) is 11.5 Å². The lowest BCUT2D eigenvalue weighted by atomic mass is 9.98. The normalized spacial score (nSPS) is 10.9. The summed E-state index contributed by atoms with van der Waals surface area (Å²) in [6.07, 6.45) is 1.56. The van der Waals surface area contributed by atoms with Gasteiger partial charge in [-0.05, 0) is 88.6 Å². The topological polar surface area (TPSA) is 114 Å². The number of benzene rings is 6. The van der Waals surface area contributed by atoms with Crippen LogP contribution < -0.4 is 11.1 Å². The number of phenols is 2. The molecule has 0 atom stereocenters. The van der Waals surface area contributed by atoms with Crippen LogP contribution in [-0.4, -0.2) is 15.2 Å². The second-order valence-corrected chi connectivity index (χ2v) is 17.5. The van der Waals surface area contributed by atoms with Crippen LogP contribution in [0, 0.1) is 0 Å². The summed E-state index contributed by atoms with van der Waals surface area (Å²) in [6, 6.07) is 48.6. The van der Waals surface area contributed by atoms with Crippen LogP contribution in [0.25, 0.3) is 43.6 Å². The molecular weight excluding hydrogens is 807 g/mol. The third-order valence-corrected chi connectivity index (χ3v) is 10.9. The molecule has 9 rings (SSSR count). The van der Waals surface area contributed by atoms with Crippen LogP contribution >= 0.6 is 0 Å². The predicted molar refractivity (Wildman–Crippen MR) is 271 cm³/mol. The van der Waals surface area contributed by atoms with E-state index in [-0.39, 0.29) is 22.9 Å². The van der Waals surface area contributed by atoms with Crippen LogP contribution in [0.3, 0.4) is 0 Å². The first-order chi connectivity index (χ1) is 31.1. The van der Waals surface area contributed by atoms with E-state index >= 15 is 0 Å². The number of para-hydroxylation sites is 4. The van der Waals surface area contributed by atoms with Crippen molar-refractivity contribution in [2.75, 3.05) is 0 Å². The van der Waals surface area contributed by atoms with Gasteiger partial charge >= 0.3 is 5.63 Å². The van der Waals surface area contributed by atoms with Crippen LogP contribution in [0.4, 0.5) is 0 Å². The van der Waals surface area contributed by atoms with Crippen molar-refractivity contribution < 1.29 is 19.0 Å². The quantitative estimate of drug-likeness (QED) is 0.166. The summed E-state index contributed by atoms with van der Waals surface area (Å²) in [7, 11) is 0. The van der Waals surface area contributed by atoms with E-state index in [0.717, 1.165) is 43.9 Å². The number of pyridine rings is 1. The molecule has 0 saturated heterocycles. The average molecular weight is 870 g/mol. The summed E-state index contributed by atoms with van der Waals surface area (Å²) in [6.45, 7) is 20.6. The Morgan fingerprint density at radius 1 is 0.446 bits per heavy atom. The molecule has 6 aromatic carbocycles. The average Bonchev–Trinajstić information content (AvgIpc) is 3.29. The molecule has 0 saturated carbocycles. The van der Waals surface area contributed by atoms with Gasteiger partial charge in [-0.15, -0.1) is 0 Å². The fraction of sp³-hybridized carbons (Fsp3) is 0.259. The molecule has 0 unspecified atom stereocenters. The maximum Gasteiger partial charge on any atom is 0.339 e. The van der Waals surface area contributed by atoms with Crippen LogP contribution in [0.15, 0.2) is 176 Å². The molecule has 0 aliphatic heterocycles. The van der Waals surface area contributed by atoms with Gasteiger partial charge in [-0.1, -0.05) is 178 Å². The van der Waals surface area contributed by atoms with E-state index in [9.17, 15) is 19.8 Å². The monoisotopic (exact) mass is 869 g/mol. The highest BCUT2D eigenvalue weighted by Gasteiger charge is 2.11. The molecule has 2 N–H and O–H groups in total. The minimum atomic E-state index is -0.223. The first-order valence-corrected chi connectivity index (χ1v) is 22.4. The first-order valence-electron chi connectivity index (χ1n) is 22.4. The Hall–Kier alpha value is -6.99. The maximum atomic E-state index is 11.9. The van der Waals surface area contributed by atoms with Gasteiger partial charge in [-0.25, -0.2) is 4.79 Å². The second-order valence-electron chi connectivity index (χ2n) is 17.5. The molecule has 0 bridgehead atoms. The number of nitrogens with zero attached hydrogens (tertiary/aromatic N) is 1. The summed E-state index contributed by atoms with van der Waals surface area (Å²) in [5.41, 5.74) is 6.94. The fourth-order valence-corrected chi connectivity index (χ4v) is 7.09. The Balaban J connectivity index is 0.000000153. The third kappa shape index (κ3) is 13.0. The van der Waals surface area contributed by atoms with Crippen molar-refractivity contribution in [3.63, 3.8) is 0 Å². The number of aromatic nitrogens is 1. The number of rotatable bonds is 5. The Bertz CT molecular complexity index is 3050. The minimum absolute atomic E-state index is 0.0850. The van der Waals surface area contributed by atoms with Gasteiger partial charge in [0, 0.05) is 33.0 Å². The maximum absolute atomic E-state index is 11.9. The molecule has 336 valence electrons. The summed E-state index contributed by atoms with van der Waals surface area (Å²) < 4.78 is 10.6. The minimum Gasteiger partial charge on any atom is -0.508 e. The van der Waals surface area contributed by atoms with Gasteiger partial charge in [0.25, 0.3) is 0 Å². The molecule has 3 aromatic heterocycles. The van der Waals surface area contributed by atoms with Crippen molar-refractivity contribution in [3.05, 3.63) is 207 Å². The molecule has 0 spiro atoms. The zero-order valence-corrected chi connectivity index (χ0v) is 39.4. The summed E-state index contributed by atoms with van der Waals surface area (Å²) >= 11 is 0. The van der Waals surface area contributed by atoms with E-state index in [1.54, 1.807) is 30.5 Å². The molecule has 0 radical (unpaired) electrons. The molecule has 9 aromatic rings. The molecule has 65 heavy (non-hydrogen) atoms. The zero-order valence-electron chi connectivity index (χ0n) is 39.4. The molecule has 0 aliphatic carbocycles. The Morgan fingerprint density at radius 2 is 0.969 bits per heavy atom. The molecule has 7 nitrogen and oxygen atoms in total. The summed E-state index contributed by atoms with van der Waals surface area (Å²) in [5, 5.41) is 24.2. The number of hydrogen-bond donors (Lipinski definition) is 2. The fourth-order valence-electron chi connectivity index (χ4n) is 7.09. The third-order valence-electron chi connectivity index (χ3n) is 10.9. The van der Waals surface area contributed by atoms with Gasteiger partial charge in [-0.3, -0.25) is 9.78 Å². The summed E-state index contributed by atoms with van der Waals surface area (Å²) in [4.78, 5) is 28.0. The van der Waals surface area contributed by atoms with E-state index < -0.39 is 0 Å². The Morgan fingerprint density at radius 3 is 1.58 bits per heavy atom. The van der Waals surface area contributed by atoms with Crippen LogP contribution in [0.2, 0.25) is 0 Å². The van der Waals surface area contributed by atoms with Gasteiger partial charge < -0.3 is 19.0 Å². The van der Waals surface area contributed by atoms with E-state index in [1.807, 2.05) is 125 Å². The highest BCUT2D eigenvalue weighted by Crippen LogP contribution is 2.33. The van der Waals surface area contributed by atoms with Gasteiger partial charge in [0.1, 0.15) is 22.7 Å². The largest absolute Gasteiger partial charge is 0.508 e. The highest BCUT2D eigenvalue weighted by molar-refractivity contribution is 5.89. The number of phenolic OH excluding ortho intramolecular Hbond substituents is 2. The Labute approximate surface area is 383 Å². The van der Waals surface area contributed by atoms with Gasteiger partial charge in [0.2, 0.25) is 0 Å². The lowest BCUT2D eigenvalue weighted by Crippen LogP contribution is -2.09. The van der Waals surface area contributed by atoms with E-state index in [2.05, 4.69) is 76.9 Å². The number of hydrogen-bond acceptors (Lipinski definition) is 7. The lowest BCUT2D eigenvalue weighted by Gasteiger charge is -2.10. The van der Waals surface area contributed by atoms with Crippen LogP contribution in [-0.2, 0) is 0 Å². The van der Waals surface area contributed by atoms with Crippen molar-refractivity contribution in [1.82, 2.24) is 4.98 Å². The van der Waals surface area contributed by atoms with Crippen molar-refractivity contribution in [2.45, 2.75) is 98.8 Å². The van der Waals surface area contributed by atoms with E-state index in [4.69, 9.17) is 8.83 Å². The van der Waals surface area contributed by atoms with Crippen molar-refractivity contribution in [2.24, 2.45) is 0 Å². The smallest absolute Gasteiger partial charge is 0.339 e. The zero-order chi connectivity index (χ0) is 47.2. The van der Waals surface area contributed by atoms with Crippen molar-refractivity contribution in [1.29, 1.82) is 0 Å². The predicted octanol–water partition coefficient (Wildman–Crippen LogP) is 15.4. The Kier molecular flexibility index (Phi) is 17.4. The molecular formula is C58H63NO6. The lowest BCUT2D eigenvalue weighted by molar-refractivity contribution is 0.465. The molecule has 0 aliphatic rings. The highest BCUT2D eigenvalue weighted by atomic mass is 16.4. The second kappa shape index (κ2) is 23.1. The first kappa shape index (κ1) is 49.0. The summed E-state index contributed by atoms with van der Waals surface area (Å²) in [5.74, 6) is 2.51. The number of aromatic hydroxyl groups is 2. The van der Waals surface area contributed by atoms with Crippen molar-refractivity contribution >= 4 is 43.6 Å². The van der Waals surface area contributed by atoms with Crippen LogP contribution in [0.5, 0.6) is 11.5 Å². The molecule has 7 heteroatoms. The standard InChI is InChI=1S/C13H14O.C12H13N.2C12H12O2.C9H12O/c1-9(2)11-8-7-10-5-3-4-6-12(10)13(11)14;1-9(2)11-8-7-10-5-3-4-6-12(10)13-11;1-8(2)10-7-14-11-6-4-3-5-9(11)12(10)13;1-8(2)10-7-9-5-3-4-6-11(9)14-12(10)13;1-7(2)8-5-3-4-6-9(8)10/h3-9,14H,1-2H3;3-9H,1-2H3;2*3-8H,1-2H3;3-7,10H,1-2H3. The SMILES string of the molecule is CC(C)c1cc2ccccc2oc1=O.CC(C)c1ccc2ccccc2c1O.CC(C)c1ccc2ccccc2n1.CC(C)c1ccccc1O.CC(C)c1coc2ccccc2c1=O. The number of fused-ring (bicyclic) bond motifs is 4. The molecule has 0 fully saturated rings. The van der Waals surface area contributed by atoms with Gasteiger partial charge in [0.15, 0.2) is 5.43 Å².